The molecule has 0 radical (unpaired) electrons. The molecule has 1 fully saturated rings. The van der Waals surface area contributed by atoms with Gasteiger partial charge < -0.3 is 36.0 Å². The fourth-order valence-electron chi connectivity index (χ4n) is 3.36. The van der Waals surface area contributed by atoms with Crippen LogP contribution in [0.2, 0.25) is 0 Å². The molecule has 154 valence electrons. The molecule has 0 bridgehead atoms. The fourth-order valence-corrected chi connectivity index (χ4v) is 3.36. The number of anilines is 1. The van der Waals surface area contributed by atoms with Crippen LogP contribution in [-0.4, -0.2) is 96.8 Å². The molecule has 0 aromatic carbocycles. The molecule has 0 spiro atoms. The van der Waals surface area contributed by atoms with Crippen molar-refractivity contribution < 1.29 is 29.3 Å². The van der Waals surface area contributed by atoms with E-state index in [9.17, 15) is 15.0 Å². The van der Waals surface area contributed by atoms with Crippen LogP contribution in [-0.2, 0) is 9.53 Å². The van der Waals surface area contributed by atoms with E-state index in [1.54, 1.807) is 0 Å². The van der Waals surface area contributed by atoms with E-state index in [0.29, 0.717) is 28.7 Å². The normalized spacial score (nSPS) is 26.6. The van der Waals surface area contributed by atoms with Gasteiger partial charge in [-0.15, -0.1) is 0 Å². The number of aromatic nitrogens is 4. The Morgan fingerprint density at radius 1 is 1.32 bits per heavy atom. The molecule has 1 aliphatic heterocycles. The lowest BCUT2D eigenvalue weighted by molar-refractivity contribution is -0.893. The van der Waals surface area contributed by atoms with Gasteiger partial charge in [0.15, 0.2) is 17.7 Å². The highest BCUT2D eigenvalue weighted by Crippen LogP contribution is 2.32. The molecule has 0 saturated carbocycles. The maximum Gasteiger partial charge on any atom is 0.320 e. The number of nitrogen functional groups attached to an aromatic ring is 1. The third-order valence-electron chi connectivity index (χ3n) is 5.04. The van der Waals surface area contributed by atoms with Gasteiger partial charge in [-0.25, -0.2) is 15.0 Å². The minimum Gasteiger partial charge on any atom is -0.480 e. The van der Waals surface area contributed by atoms with E-state index in [1.165, 1.54) is 17.2 Å². The van der Waals surface area contributed by atoms with Crippen LogP contribution < -0.4 is 11.5 Å². The Bertz CT molecular complexity index is 857. The average molecular weight is 396 g/mol. The molecule has 1 unspecified atom stereocenters. The van der Waals surface area contributed by atoms with E-state index in [4.69, 9.17) is 21.3 Å². The van der Waals surface area contributed by atoms with E-state index < -0.39 is 36.6 Å². The van der Waals surface area contributed by atoms with Gasteiger partial charge in [-0.05, 0) is 0 Å². The minimum absolute atomic E-state index is 0.209. The van der Waals surface area contributed by atoms with Crippen molar-refractivity contribution in [1.29, 1.82) is 0 Å². The molecule has 7 N–H and O–H groups in total. The number of likely N-dealkylation sites (N-methyl/N-ethyl adjacent to an activating group) is 1. The molecular formula is C16H26N7O5+. The van der Waals surface area contributed by atoms with E-state index in [1.807, 2.05) is 14.1 Å². The van der Waals surface area contributed by atoms with Gasteiger partial charge in [-0.2, -0.15) is 0 Å². The summed E-state index contributed by atoms with van der Waals surface area (Å²) in [6.45, 7) is 0.823. The molecule has 3 rings (SSSR count). The number of hydrogen-bond acceptors (Lipinski definition) is 9. The second-order valence-corrected chi connectivity index (χ2v) is 7.70. The van der Waals surface area contributed by atoms with Crippen molar-refractivity contribution in [3.8, 4) is 0 Å². The number of fused-ring (bicyclic) bond motifs is 1. The molecular weight excluding hydrogens is 370 g/mol. The second-order valence-electron chi connectivity index (χ2n) is 7.70. The van der Waals surface area contributed by atoms with Gasteiger partial charge in [0.1, 0.15) is 42.7 Å². The van der Waals surface area contributed by atoms with Gasteiger partial charge in [-0.3, -0.25) is 9.36 Å². The Kier molecular flexibility index (Phi) is 5.50. The van der Waals surface area contributed by atoms with Crippen LogP contribution in [0.4, 0.5) is 5.82 Å². The van der Waals surface area contributed by atoms with Crippen LogP contribution in [0.1, 0.15) is 12.6 Å². The lowest BCUT2D eigenvalue weighted by Crippen LogP contribution is -2.50. The van der Waals surface area contributed by atoms with Crippen LogP contribution in [0.15, 0.2) is 12.7 Å². The second kappa shape index (κ2) is 7.56. The third kappa shape index (κ3) is 3.91. The number of carbonyl (C=O) groups is 1. The number of carboxylic acid groups (broad SMARTS) is 1. The lowest BCUT2D eigenvalue weighted by atomic mass is 10.1. The number of rotatable bonds is 7. The van der Waals surface area contributed by atoms with Crippen LogP contribution in [0.5, 0.6) is 0 Å². The number of hydrogen-bond donors (Lipinski definition) is 5. The standard InChI is InChI=1S/C16H25N7O5/c1-23(2,4-3-8(17)16(26)27)5-9-11(24)12(25)15(28-9)22-7-21-10-13(18)19-6-20-14(10)22/h6-9,11-12,15,24-25H,3-5,17H2,1-2H3,(H2-,18,19,20,26,27)/p+1/t8?,9-,11-,12-,15-/m1/s1. The van der Waals surface area contributed by atoms with Crippen molar-refractivity contribution in [2.75, 3.05) is 32.9 Å². The summed E-state index contributed by atoms with van der Waals surface area (Å²) in [4.78, 5) is 23.1. The quantitative estimate of drug-likeness (QED) is 0.325. The predicted molar refractivity (Wildman–Crippen MR) is 97.7 cm³/mol. The monoisotopic (exact) mass is 396 g/mol. The molecule has 5 atom stereocenters. The van der Waals surface area contributed by atoms with E-state index >= 15 is 0 Å². The van der Waals surface area contributed by atoms with Crippen molar-refractivity contribution in [1.82, 2.24) is 19.5 Å². The first kappa shape index (κ1) is 20.4. The lowest BCUT2D eigenvalue weighted by Gasteiger charge is -2.33. The van der Waals surface area contributed by atoms with Crippen molar-refractivity contribution in [2.45, 2.75) is 37.0 Å². The molecule has 12 nitrogen and oxygen atoms in total. The number of aliphatic carboxylic acids is 1. The van der Waals surface area contributed by atoms with Crippen LogP contribution >= 0.6 is 0 Å². The number of carboxylic acids is 1. The van der Waals surface area contributed by atoms with Crippen molar-refractivity contribution in [3.05, 3.63) is 12.7 Å². The van der Waals surface area contributed by atoms with Gasteiger partial charge in [0.2, 0.25) is 0 Å². The topological polar surface area (TPSA) is 183 Å². The van der Waals surface area contributed by atoms with E-state index in [0.717, 1.165) is 0 Å². The highest BCUT2D eigenvalue weighted by molar-refractivity contribution is 5.81. The van der Waals surface area contributed by atoms with Gasteiger partial charge >= 0.3 is 5.97 Å². The van der Waals surface area contributed by atoms with Crippen molar-refractivity contribution in [3.63, 3.8) is 0 Å². The first-order valence-electron chi connectivity index (χ1n) is 8.86. The van der Waals surface area contributed by atoms with Crippen molar-refractivity contribution >= 4 is 23.0 Å². The average Bonchev–Trinajstić information content (AvgIpc) is 3.17. The summed E-state index contributed by atoms with van der Waals surface area (Å²) in [5.41, 5.74) is 12.1. The SMILES string of the molecule is C[N+](C)(CCC(N)C(=O)O)C[C@H]1O[C@@H](n2cnc3c(N)ncnc32)[C@H](O)[C@@H]1O. The molecule has 0 amide bonds. The van der Waals surface area contributed by atoms with Crippen LogP contribution in [0.25, 0.3) is 11.2 Å². The summed E-state index contributed by atoms with van der Waals surface area (Å²) in [6, 6.07) is -0.951. The molecule has 28 heavy (non-hydrogen) atoms. The molecule has 1 saturated heterocycles. The van der Waals surface area contributed by atoms with Gasteiger partial charge in [0.05, 0.1) is 27.0 Å². The number of ether oxygens (including phenoxy) is 1. The zero-order chi connectivity index (χ0) is 20.6. The first-order chi connectivity index (χ1) is 13.1. The summed E-state index contributed by atoms with van der Waals surface area (Å²) in [5.74, 6) is -0.846. The van der Waals surface area contributed by atoms with Crippen LogP contribution in [0, 0.1) is 0 Å². The van der Waals surface area contributed by atoms with Crippen molar-refractivity contribution in [2.24, 2.45) is 5.73 Å². The number of aliphatic hydroxyl groups is 2. The zero-order valence-corrected chi connectivity index (χ0v) is 15.7. The number of nitrogens with two attached hydrogens (primary N) is 2. The molecule has 12 heteroatoms. The van der Waals surface area contributed by atoms with Crippen LogP contribution in [0.3, 0.4) is 0 Å². The number of nitrogens with zero attached hydrogens (tertiary/aromatic N) is 5. The molecule has 0 aliphatic carbocycles. The summed E-state index contributed by atoms with van der Waals surface area (Å²) in [5, 5.41) is 29.9. The molecule has 3 heterocycles. The molecule has 2 aromatic rings. The Balaban J connectivity index is 1.73. The minimum atomic E-state index is -1.19. The van der Waals surface area contributed by atoms with Gasteiger partial charge in [0, 0.05) is 6.42 Å². The maximum absolute atomic E-state index is 10.9. The van der Waals surface area contributed by atoms with Gasteiger partial charge in [0.25, 0.3) is 0 Å². The Hall–Kier alpha value is -2.38. The number of imidazole rings is 1. The Morgan fingerprint density at radius 3 is 2.71 bits per heavy atom. The largest absolute Gasteiger partial charge is 0.480 e. The first-order valence-corrected chi connectivity index (χ1v) is 8.86. The van der Waals surface area contributed by atoms with E-state index in [2.05, 4.69) is 15.0 Å². The smallest absolute Gasteiger partial charge is 0.320 e. The highest BCUT2D eigenvalue weighted by Gasteiger charge is 2.46. The zero-order valence-electron chi connectivity index (χ0n) is 15.7. The highest BCUT2D eigenvalue weighted by atomic mass is 16.6. The van der Waals surface area contributed by atoms with Gasteiger partial charge in [-0.1, -0.05) is 0 Å². The maximum atomic E-state index is 10.9. The number of aliphatic hydroxyl groups excluding tert-OH is 2. The number of quaternary nitrogens is 1. The fraction of sp³-hybridized carbons (Fsp3) is 0.625. The summed E-state index contributed by atoms with van der Waals surface area (Å²) >= 11 is 0. The Labute approximate surface area is 161 Å². The summed E-state index contributed by atoms with van der Waals surface area (Å²) in [6.07, 6.45) is -0.888. The molecule has 1 aliphatic rings. The molecule has 2 aromatic heterocycles. The summed E-state index contributed by atoms with van der Waals surface area (Å²) < 4.78 is 7.81. The van der Waals surface area contributed by atoms with E-state index in [-0.39, 0.29) is 12.2 Å². The Morgan fingerprint density at radius 2 is 2.04 bits per heavy atom. The summed E-state index contributed by atoms with van der Waals surface area (Å²) in [7, 11) is 3.76. The predicted octanol–water partition coefficient (Wildman–Crippen LogP) is -2.09. The third-order valence-corrected chi connectivity index (χ3v) is 5.04.